The lowest BCUT2D eigenvalue weighted by atomic mass is 9.82. The fourth-order valence-electron chi connectivity index (χ4n) is 1.89. The highest BCUT2D eigenvalue weighted by molar-refractivity contribution is 5.85. The quantitative estimate of drug-likeness (QED) is 0.773. The van der Waals surface area contributed by atoms with Gasteiger partial charge in [0.25, 0.3) is 0 Å². The van der Waals surface area contributed by atoms with Crippen molar-refractivity contribution in [1.82, 2.24) is 9.55 Å². The van der Waals surface area contributed by atoms with E-state index < -0.39 is 11.4 Å². The maximum atomic E-state index is 11.1. The van der Waals surface area contributed by atoms with E-state index in [1.54, 1.807) is 13.1 Å². The standard InChI is InChI=1S/C9H12N2O2.ClH/c1-9(8(12)13)3-2-5-11-6-4-10-7(9)11;/h4,6H,2-3,5H2,1H3,(H,12,13);1H. The van der Waals surface area contributed by atoms with E-state index in [0.717, 1.165) is 13.0 Å². The maximum absolute atomic E-state index is 11.1. The van der Waals surface area contributed by atoms with E-state index in [1.165, 1.54) is 0 Å². The van der Waals surface area contributed by atoms with Crippen molar-refractivity contribution in [1.29, 1.82) is 0 Å². The lowest BCUT2D eigenvalue weighted by molar-refractivity contribution is -0.144. The SMILES string of the molecule is CC1(C(=O)O)CCCn2ccnc21.Cl. The highest BCUT2D eigenvalue weighted by atomic mass is 35.5. The second-order valence-electron chi connectivity index (χ2n) is 3.69. The van der Waals surface area contributed by atoms with Gasteiger partial charge in [-0.05, 0) is 19.8 Å². The third-order valence-corrected chi connectivity index (χ3v) is 2.76. The number of hydrogen-bond donors (Lipinski definition) is 1. The van der Waals surface area contributed by atoms with Crippen LogP contribution >= 0.6 is 12.4 Å². The third-order valence-electron chi connectivity index (χ3n) is 2.76. The number of aromatic nitrogens is 2. The van der Waals surface area contributed by atoms with E-state index in [4.69, 9.17) is 5.11 Å². The second-order valence-corrected chi connectivity index (χ2v) is 3.69. The van der Waals surface area contributed by atoms with Crippen LogP contribution in [-0.2, 0) is 16.8 Å². The predicted octanol–water partition coefficient (Wildman–Crippen LogP) is 1.44. The van der Waals surface area contributed by atoms with E-state index in [1.807, 2.05) is 10.8 Å². The van der Waals surface area contributed by atoms with Crippen LogP contribution in [0.3, 0.4) is 0 Å². The van der Waals surface area contributed by atoms with Crippen molar-refractivity contribution >= 4 is 18.4 Å². The molecule has 0 spiro atoms. The molecule has 0 radical (unpaired) electrons. The molecule has 2 rings (SSSR count). The van der Waals surface area contributed by atoms with Crippen molar-refractivity contribution in [3.63, 3.8) is 0 Å². The number of halogens is 1. The topological polar surface area (TPSA) is 55.1 Å². The van der Waals surface area contributed by atoms with Gasteiger partial charge in [-0.15, -0.1) is 12.4 Å². The molecule has 78 valence electrons. The van der Waals surface area contributed by atoms with Crippen LogP contribution < -0.4 is 0 Å². The summed E-state index contributed by atoms with van der Waals surface area (Å²) >= 11 is 0. The van der Waals surface area contributed by atoms with Crippen molar-refractivity contribution in [2.24, 2.45) is 0 Å². The Morgan fingerprint density at radius 2 is 2.43 bits per heavy atom. The third kappa shape index (κ3) is 1.39. The summed E-state index contributed by atoms with van der Waals surface area (Å²) in [7, 11) is 0. The summed E-state index contributed by atoms with van der Waals surface area (Å²) in [6.45, 7) is 2.63. The summed E-state index contributed by atoms with van der Waals surface area (Å²) in [6, 6.07) is 0. The smallest absolute Gasteiger partial charge is 0.317 e. The lowest BCUT2D eigenvalue weighted by Gasteiger charge is -2.29. The molecule has 1 aromatic rings. The molecule has 1 N–H and O–H groups in total. The number of nitrogens with zero attached hydrogens (tertiary/aromatic N) is 2. The largest absolute Gasteiger partial charge is 0.480 e. The number of aliphatic carboxylic acids is 1. The average molecular weight is 217 g/mol. The first-order chi connectivity index (χ1) is 6.14. The van der Waals surface area contributed by atoms with Crippen LogP contribution in [0.2, 0.25) is 0 Å². The number of fused-ring (bicyclic) bond motifs is 1. The Morgan fingerprint density at radius 1 is 1.71 bits per heavy atom. The molecule has 0 fully saturated rings. The summed E-state index contributed by atoms with van der Waals surface area (Å²) in [5.41, 5.74) is -0.790. The Balaban J connectivity index is 0.000000980. The van der Waals surface area contributed by atoms with Crippen molar-refractivity contribution in [3.8, 4) is 0 Å². The zero-order chi connectivity index (χ0) is 9.47. The molecular weight excluding hydrogens is 204 g/mol. The number of aryl methyl sites for hydroxylation is 1. The van der Waals surface area contributed by atoms with Gasteiger partial charge in [0, 0.05) is 18.9 Å². The minimum Gasteiger partial charge on any atom is -0.480 e. The summed E-state index contributed by atoms with van der Waals surface area (Å²) in [4.78, 5) is 15.2. The molecule has 0 saturated carbocycles. The van der Waals surface area contributed by atoms with Gasteiger partial charge in [0.2, 0.25) is 0 Å². The molecule has 4 nitrogen and oxygen atoms in total. The summed E-state index contributed by atoms with van der Waals surface area (Å²) in [6.07, 6.45) is 5.10. The Hall–Kier alpha value is -1.03. The van der Waals surface area contributed by atoms with Crippen LogP contribution in [0.5, 0.6) is 0 Å². The zero-order valence-corrected chi connectivity index (χ0v) is 8.75. The Bertz CT molecular complexity index is 350. The van der Waals surface area contributed by atoms with E-state index in [2.05, 4.69) is 4.98 Å². The molecule has 0 bridgehead atoms. The molecule has 0 aromatic carbocycles. The van der Waals surface area contributed by atoms with Crippen molar-refractivity contribution < 1.29 is 9.90 Å². The van der Waals surface area contributed by atoms with Crippen molar-refractivity contribution in [2.75, 3.05) is 0 Å². The van der Waals surface area contributed by atoms with Gasteiger partial charge in [-0.2, -0.15) is 0 Å². The van der Waals surface area contributed by atoms with Gasteiger partial charge in [0.15, 0.2) is 0 Å². The average Bonchev–Trinajstić information content (AvgIpc) is 2.53. The summed E-state index contributed by atoms with van der Waals surface area (Å²) in [5.74, 6) is -0.0918. The number of carbonyl (C=O) groups is 1. The fourth-order valence-corrected chi connectivity index (χ4v) is 1.89. The summed E-state index contributed by atoms with van der Waals surface area (Å²) in [5, 5.41) is 9.11. The molecule has 1 atom stereocenters. The fraction of sp³-hybridized carbons (Fsp3) is 0.556. The normalized spacial score (nSPS) is 24.9. The Morgan fingerprint density at radius 3 is 3.07 bits per heavy atom. The van der Waals surface area contributed by atoms with Gasteiger partial charge in [-0.25, -0.2) is 4.98 Å². The predicted molar refractivity (Wildman–Crippen MR) is 53.7 cm³/mol. The van der Waals surface area contributed by atoms with E-state index in [-0.39, 0.29) is 12.4 Å². The monoisotopic (exact) mass is 216 g/mol. The van der Waals surface area contributed by atoms with Gasteiger partial charge in [-0.3, -0.25) is 4.79 Å². The van der Waals surface area contributed by atoms with Crippen molar-refractivity contribution in [3.05, 3.63) is 18.2 Å². The molecule has 1 aliphatic rings. The molecule has 0 amide bonds. The highest BCUT2D eigenvalue weighted by Gasteiger charge is 2.40. The molecule has 1 aliphatic heterocycles. The Labute approximate surface area is 88.4 Å². The first-order valence-electron chi connectivity index (χ1n) is 4.39. The van der Waals surface area contributed by atoms with Crippen molar-refractivity contribution in [2.45, 2.75) is 31.7 Å². The van der Waals surface area contributed by atoms with Crippen LogP contribution in [0.15, 0.2) is 12.4 Å². The van der Waals surface area contributed by atoms with Crippen LogP contribution in [0.25, 0.3) is 0 Å². The highest BCUT2D eigenvalue weighted by Crippen LogP contribution is 2.32. The summed E-state index contributed by atoms with van der Waals surface area (Å²) < 4.78 is 1.93. The second kappa shape index (κ2) is 3.61. The first-order valence-corrected chi connectivity index (χ1v) is 4.39. The number of hydrogen-bond acceptors (Lipinski definition) is 2. The molecule has 14 heavy (non-hydrogen) atoms. The first kappa shape index (κ1) is 11.0. The number of carboxylic acids is 1. The van der Waals surface area contributed by atoms with Crippen LogP contribution in [0, 0.1) is 0 Å². The Kier molecular flexibility index (Phi) is 2.85. The number of imidazole rings is 1. The molecule has 2 heterocycles. The molecular formula is C9H13ClN2O2. The van der Waals surface area contributed by atoms with Crippen LogP contribution in [-0.4, -0.2) is 20.6 Å². The molecule has 0 saturated heterocycles. The molecule has 1 aromatic heterocycles. The zero-order valence-electron chi connectivity index (χ0n) is 7.93. The van der Waals surface area contributed by atoms with Gasteiger partial charge in [0.1, 0.15) is 11.2 Å². The van der Waals surface area contributed by atoms with Gasteiger partial charge in [-0.1, -0.05) is 0 Å². The van der Waals surface area contributed by atoms with Gasteiger partial charge < -0.3 is 9.67 Å². The van der Waals surface area contributed by atoms with Crippen LogP contribution in [0.1, 0.15) is 25.6 Å². The van der Waals surface area contributed by atoms with Crippen LogP contribution in [0.4, 0.5) is 0 Å². The van der Waals surface area contributed by atoms with E-state index in [9.17, 15) is 4.79 Å². The molecule has 0 aliphatic carbocycles. The van der Waals surface area contributed by atoms with E-state index in [0.29, 0.717) is 12.2 Å². The number of carboxylic acid groups (broad SMARTS) is 1. The van der Waals surface area contributed by atoms with Gasteiger partial charge in [0.05, 0.1) is 0 Å². The van der Waals surface area contributed by atoms with E-state index >= 15 is 0 Å². The number of rotatable bonds is 1. The van der Waals surface area contributed by atoms with Gasteiger partial charge >= 0.3 is 5.97 Å². The minimum atomic E-state index is -0.790. The maximum Gasteiger partial charge on any atom is 0.317 e. The lowest BCUT2D eigenvalue weighted by Crippen LogP contribution is -2.38. The minimum absolute atomic E-state index is 0. The molecule has 5 heteroatoms. The molecule has 1 unspecified atom stereocenters.